The number of nitrogens with zero attached hydrogens (tertiary/aromatic N) is 2. The van der Waals surface area contributed by atoms with Crippen molar-refractivity contribution in [1.29, 1.82) is 0 Å². The van der Waals surface area contributed by atoms with Crippen molar-refractivity contribution in [3.8, 4) is 0 Å². The third-order valence-corrected chi connectivity index (χ3v) is 5.32. The molecule has 1 aliphatic rings. The van der Waals surface area contributed by atoms with Gasteiger partial charge in [-0.2, -0.15) is 0 Å². The van der Waals surface area contributed by atoms with Gasteiger partial charge in [-0.05, 0) is 42.9 Å². The minimum atomic E-state index is -0.173. The molecular weight excluding hydrogens is 326 g/mol. The van der Waals surface area contributed by atoms with Crippen LogP contribution < -0.4 is 10.9 Å². The van der Waals surface area contributed by atoms with E-state index in [1.54, 1.807) is 24.7 Å². The molecule has 1 saturated carbocycles. The van der Waals surface area contributed by atoms with Gasteiger partial charge in [-0.3, -0.25) is 14.6 Å². The molecule has 2 atom stereocenters. The van der Waals surface area contributed by atoms with Crippen molar-refractivity contribution < 1.29 is 4.79 Å². The van der Waals surface area contributed by atoms with Crippen molar-refractivity contribution in [1.82, 2.24) is 14.9 Å². The first-order chi connectivity index (χ1) is 12.6. The number of amides is 1. The van der Waals surface area contributed by atoms with Gasteiger partial charge in [0.2, 0.25) is 0 Å². The van der Waals surface area contributed by atoms with Crippen LogP contribution in [0.15, 0.2) is 53.6 Å². The molecule has 0 bridgehead atoms. The zero-order valence-corrected chi connectivity index (χ0v) is 14.9. The van der Waals surface area contributed by atoms with Crippen LogP contribution in [0.3, 0.4) is 0 Å². The highest BCUT2D eigenvalue weighted by Gasteiger charge is 2.38. The lowest BCUT2D eigenvalue weighted by Gasteiger charge is -2.13. The number of carbonyl (C=O) groups is 1. The molecule has 1 amide bonds. The van der Waals surface area contributed by atoms with E-state index in [0.29, 0.717) is 29.5 Å². The molecule has 1 aliphatic carbocycles. The summed E-state index contributed by atoms with van der Waals surface area (Å²) in [6.07, 6.45) is 4.72. The van der Waals surface area contributed by atoms with Crippen molar-refractivity contribution >= 4 is 16.8 Å². The van der Waals surface area contributed by atoms with Gasteiger partial charge in [-0.1, -0.05) is 24.3 Å². The van der Waals surface area contributed by atoms with Crippen LogP contribution in [0.25, 0.3) is 10.9 Å². The van der Waals surface area contributed by atoms with Gasteiger partial charge in [0, 0.05) is 36.9 Å². The second-order valence-electron chi connectivity index (χ2n) is 6.98. The molecule has 5 nitrogen and oxygen atoms in total. The second-order valence-corrected chi connectivity index (χ2v) is 6.98. The van der Waals surface area contributed by atoms with E-state index in [2.05, 4.69) is 16.4 Å². The molecule has 0 saturated heterocycles. The maximum atomic E-state index is 12.8. The van der Waals surface area contributed by atoms with E-state index in [4.69, 9.17) is 0 Å². The minimum Gasteiger partial charge on any atom is -0.352 e. The minimum absolute atomic E-state index is 0.131. The number of fused-ring (bicyclic) bond motifs is 1. The number of nitrogens with one attached hydrogen (secondary N) is 1. The Bertz CT molecular complexity index is 1040. The number of para-hydroxylation sites is 1. The van der Waals surface area contributed by atoms with Crippen LogP contribution in [-0.2, 0) is 7.05 Å². The Labute approximate surface area is 151 Å². The maximum absolute atomic E-state index is 12.8. The SMILES string of the molecule is Cc1c(C(=O)NC[C@@H]2C[C@H]2c2cccnc2)c2ccccc2n(C)c1=O. The van der Waals surface area contributed by atoms with E-state index >= 15 is 0 Å². The Hall–Kier alpha value is -2.95. The second kappa shape index (κ2) is 6.41. The average Bonchev–Trinajstić information content (AvgIpc) is 3.45. The maximum Gasteiger partial charge on any atom is 0.254 e. The standard InChI is InChI=1S/C21H21N3O2/c1-13-19(16-7-3-4-8-18(16)24(2)21(13)26)20(25)23-12-15-10-17(15)14-6-5-9-22-11-14/h3-9,11,15,17H,10,12H2,1-2H3,(H,23,25)/t15-,17-/m0/s1. The van der Waals surface area contributed by atoms with Crippen molar-refractivity contribution in [3.05, 3.63) is 75.8 Å². The van der Waals surface area contributed by atoms with Gasteiger partial charge in [0.25, 0.3) is 11.5 Å². The molecule has 26 heavy (non-hydrogen) atoms. The van der Waals surface area contributed by atoms with Crippen molar-refractivity contribution in [2.24, 2.45) is 13.0 Å². The monoisotopic (exact) mass is 347 g/mol. The summed E-state index contributed by atoms with van der Waals surface area (Å²) in [7, 11) is 1.74. The van der Waals surface area contributed by atoms with E-state index in [1.165, 1.54) is 5.56 Å². The number of aromatic nitrogens is 2. The lowest BCUT2D eigenvalue weighted by molar-refractivity contribution is 0.0952. The van der Waals surface area contributed by atoms with Crippen molar-refractivity contribution in [2.45, 2.75) is 19.3 Å². The predicted molar refractivity (Wildman–Crippen MR) is 101 cm³/mol. The van der Waals surface area contributed by atoms with Crippen LogP contribution in [0, 0.1) is 12.8 Å². The van der Waals surface area contributed by atoms with Crippen LogP contribution in [0.5, 0.6) is 0 Å². The van der Waals surface area contributed by atoms with Crippen LogP contribution in [0.1, 0.15) is 33.8 Å². The Morgan fingerprint density at radius 2 is 2.08 bits per heavy atom. The fourth-order valence-electron chi connectivity index (χ4n) is 3.73. The summed E-state index contributed by atoms with van der Waals surface area (Å²) in [6, 6.07) is 11.6. The Morgan fingerprint density at radius 3 is 2.85 bits per heavy atom. The highest BCUT2D eigenvalue weighted by atomic mass is 16.2. The first kappa shape index (κ1) is 16.5. The molecule has 2 aromatic heterocycles. The predicted octanol–water partition coefficient (Wildman–Crippen LogP) is 2.78. The smallest absolute Gasteiger partial charge is 0.254 e. The number of hydrogen-bond donors (Lipinski definition) is 1. The summed E-state index contributed by atoms with van der Waals surface area (Å²) in [4.78, 5) is 29.5. The Kier molecular flexibility index (Phi) is 4.07. The lowest BCUT2D eigenvalue weighted by atomic mass is 10.0. The molecule has 3 aromatic rings. The summed E-state index contributed by atoms with van der Waals surface area (Å²) in [6.45, 7) is 2.33. The first-order valence-corrected chi connectivity index (χ1v) is 8.84. The summed E-state index contributed by atoms with van der Waals surface area (Å²) in [5.41, 5.74) is 2.84. The lowest BCUT2D eigenvalue weighted by Crippen LogP contribution is -2.31. The molecule has 0 spiro atoms. The van der Waals surface area contributed by atoms with Gasteiger partial charge in [-0.15, -0.1) is 0 Å². The molecule has 5 heteroatoms. The van der Waals surface area contributed by atoms with Gasteiger partial charge in [0.15, 0.2) is 0 Å². The van der Waals surface area contributed by atoms with Gasteiger partial charge in [0.05, 0.1) is 11.1 Å². The van der Waals surface area contributed by atoms with Crippen molar-refractivity contribution in [2.75, 3.05) is 6.54 Å². The largest absolute Gasteiger partial charge is 0.352 e. The molecule has 1 aromatic carbocycles. The van der Waals surface area contributed by atoms with E-state index in [0.717, 1.165) is 17.3 Å². The number of rotatable bonds is 4. The highest BCUT2D eigenvalue weighted by Crippen LogP contribution is 2.46. The van der Waals surface area contributed by atoms with E-state index < -0.39 is 0 Å². The fraction of sp³-hybridized carbons (Fsp3) is 0.286. The molecule has 0 aliphatic heterocycles. The average molecular weight is 347 g/mol. The molecule has 1 fully saturated rings. The summed E-state index contributed by atoms with van der Waals surface area (Å²) >= 11 is 0. The molecule has 4 rings (SSSR count). The van der Waals surface area contributed by atoms with Crippen LogP contribution in [-0.4, -0.2) is 22.0 Å². The van der Waals surface area contributed by atoms with E-state index in [-0.39, 0.29) is 11.5 Å². The first-order valence-electron chi connectivity index (χ1n) is 8.84. The molecular formula is C21H21N3O2. The van der Waals surface area contributed by atoms with Gasteiger partial charge >= 0.3 is 0 Å². The molecule has 132 valence electrons. The number of hydrogen-bond acceptors (Lipinski definition) is 3. The van der Waals surface area contributed by atoms with E-state index in [9.17, 15) is 9.59 Å². The molecule has 1 N–H and O–H groups in total. The van der Waals surface area contributed by atoms with Crippen LogP contribution in [0.2, 0.25) is 0 Å². The van der Waals surface area contributed by atoms with Gasteiger partial charge in [0.1, 0.15) is 0 Å². The van der Waals surface area contributed by atoms with Gasteiger partial charge < -0.3 is 9.88 Å². The highest BCUT2D eigenvalue weighted by molar-refractivity contribution is 6.07. The molecule has 0 unspecified atom stereocenters. The van der Waals surface area contributed by atoms with Crippen molar-refractivity contribution in [3.63, 3.8) is 0 Å². The van der Waals surface area contributed by atoms with E-state index in [1.807, 2.05) is 36.5 Å². The van der Waals surface area contributed by atoms with Gasteiger partial charge in [-0.25, -0.2) is 0 Å². The quantitative estimate of drug-likeness (QED) is 0.789. The van der Waals surface area contributed by atoms with Crippen LogP contribution >= 0.6 is 0 Å². The number of aryl methyl sites for hydroxylation is 1. The topological polar surface area (TPSA) is 64.0 Å². The Balaban J connectivity index is 1.55. The summed E-state index contributed by atoms with van der Waals surface area (Å²) < 4.78 is 1.60. The summed E-state index contributed by atoms with van der Waals surface area (Å²) in [5.74, 6) is 0.722. The number of pyridine rings is 2. The molecule has 2 heterocycles. The Morgan fingerprint density at radius 1 is 1.27 bits per heavy atom. The summed E-state index contributed by atoms with van der Waals surface area (Å²) in [5, 5.41) is 3.84. The zero-order chi connectivity index (χ0) is 18.3. The normalized spacial score (nSPS) is 18.7. The third kappa shape index (κ3) is 2.79. The number of carbonyl (C=O) groups excluding carboxylic acids is 1. The van der Waals surface area contributed by atoms with Crippen LogP contribution in [0.4, 0.5) is 0 Å². The number of benzene rings is 1. The fourth-order valence-corrected chi connectivity index (χ4v) is 3.73. The molecule has 0 radical (unpaired) electrons. The zero-order valence-electron chi connectivity index (χ0n) is 14.9. The third-order valence-electron chi connectivity index (χ3n) is 5.32.